The van der Waals surface area contributed by atoms with Crippen molar-refractivity contribution in [2.45, 2.75) is 26.7 Å². The predicted molar refractivity (Wildman–Crippen MR) is 94.4 cm³/mol. The molecule has 6 nitrogen and oxygen atoms in total. The summed E-state index contributed by atoms with van der Waals surface area (Å²) in [5.74, 6) is -0.324. The summed E-state index contributed by atoms with van der Waals surface area (Å²) in [4.78, 5) is 22.3. The minimum Gasteiger partial charge on any atom is -0.478 e. The third-order valence-corrected chi connectivity index (χ3v) is 3.53. The van der Waals surface area contributed by atoms with Crippen molar-refractivity contribution in [1.82, 2.24) is 0 Å². The first-order valence-corrected chi connectivity index (χ1v) is 7.89. The maximum Gasteiger partial charge on any atom is 0.337 e. The number of nitrogens with one attached hydrogen (secondary N) is 1. The minimum absolute atomic E-state index is 0.00231. The van der Waals surface area contributed by atoms with E-state index in [1.165, 1.54) is 30.7 Å². The average Bonchev–Trinajstić information content (AvgIpc) is 2.55. The van der Waals surface area contributed by atoms with Gasteiger partial charge >= 0.3 is 11.9 Å². The molecule has 0 aliphatic rings. The van der Waals surface area contributed by atoms with Gasteiger partial charge in [0, 0.05) is 6.92 Å². The second kappa shape index (κ2) is 8.19. The zero-order chi connectivity index (χ0) is 18.4. The first kappa shape index (κ1) is 18.3. The lowest BCUT2D eigenvalue weighted by atomic mass is 10.0. The SMILES string of the molecule is CC(=O)Oc1ccc(NCOc2ccc(C(C)C)cc2)c(C(=O)O)c1. The summed E-state index contributed by atoms with van der Waals surface area (Å²) in [5.41, 5.74) is 1.59. The van der Waals surface area contributed by atoms with Gasteiger partial charge in [0.1, 0.15) is 11.5 Å². The van der Waals surface area contributed by atoms with Crippen molar-refractivity contribution in [3.05, 3.63) is 53.6 Å². The molecular formula is C19H21NO5. The standard InChI is InChI=1S/C19H21NO5/c1-12(2)14-4-6-15(7-5-14)24-11-20-18-9-8-16(25-13(3)21)10-17(18)19(22)23/h4-10,12,20H,11H2,1-3H3,(H,22,23). The van der Waals surface area contributed by atoms with E-state index in [0.717, 1.165) is 0 Å². The number of carboxylic acids is 1. The van der Waals surface area contributed by atoms with Crippen LogP contribution in [0.15, 0.2) is 42.5 Å². The number of carboxylic acid groups (broad SMARTS) is 1. The molecule has 0 aliphatic heterocycles. The molecule has 0 aromatic heterocycles. The summed E-state index contributed by atoms with van der Waals surface area (Å²) in [6, 6.07) is 12.1. The van der Waals surface area contributed by atoms with Gasteiger partial charge in [0.15, 0.2) is 6.73 Å². The Morgan fingerprint density at radius 3 is 2.28 bits per heavy atom. The second-order valence-electron chi connectivity index (χ2n) is 5.80. The molecule has 0 aliphatic carbocycles. The van der Waals surface area contributed by atoms with Gasteiger partial charge in [-0.15, -0.1) is 0 Å². The molecule has 0 saturated carbocycles. The summed E-state index contributed by atoms with van der Waals surface area (Å²) in [5, 5.41) is 12.2. The van der Waals surface area contributed by atoms with Gasteiger partial charge in [-0.05, 0) is 41.8 Å². The average molecular weight is 343 g/mol. The summed E-state index contributed by atoms with van der Waals surface area (Å²) in [7, 11) is 0. The number of hydrogen-bond donors (Lipinski definition) is 2. The van der Waals surface area contributed by atoms with Crippen LogP contribution in [0.2, 0.25) is 0 Å². The molecule has 0 spiro atoms. The smallest absolute Gasteiger partial charge is 0.337 e. The molecule has 2 aromatic rings. The zero-order valence-electron chi connectivity index (χ0n) is 14.4. The van der Waals surface area contributed by atoms with Crippen molar-refractivity contribution < 1.29 is 24.2 Å². The van der Waals surface area contributed by atoms with Crippen LogP contribution in [0, 0.1) is 0 Å². The Labute approximate surface area is 146 Å². The molecule has 0 heterocycles. The molecular weight excluding hydrogens is 322 g/mol. The molecule has 0 bridgehead atoms. The van der Waals surface area contributed by atoms with Crippen molar-refractivity contribution >= 4 is 17.6 Å². The predicted octanol–water partition coefficient (Wildman–Crippen LogP) is 3.88. The number of aromatic carboxylic acids is 1. The Morgan fingerprint density at radius 2 is 1.72 bits per heavy atom. The van der Waals surface area contributed by atoms with E-state index in [0.29, 0.717) is 17.4 Å². The van der Waals surface area contributed by atoms with Crippen LogP contribution in [0.5, 0.6) is 11.5 Å². The van der Waals surface area contributed by atoms with Crippen LogP contribution >= 0.6 is 0 Å². The molecule has 0 fully saturated rings. The van der Waals surface area contributed by atoms with Crippen molar-refractivity contribution in [2.75, 3.05) is 12.0 Å². The summed E-state index contributed by atoms with van der Waals surface area (Å²) in [6.07, 6.45) is 0. The van der Waals surface area contributed by atoms with Crippen LogP contribution in [0.25, 0.3) is 0 Å². The van der Waals surface area contributed by atoms with Crippen LogP contribution in [-0.2, 0) is 4.79 Å². The highest BCUT2D eigenvalue weighted by Crippen LogP contribution is 2.23. The number of carbonyl (C=O) groups excluding carboxylic acids is 1. The molecule has 0 amide bonds. The van der Waals surface area contributed by atoms with Gasteiger partial charge in [-0.25, -0.2) is 4.79 Å². The van der Waals surface area contributed by atoms with E-state index < -0.39 is 11.9 Å². The molecule has 0 saturated heterocycles. The van der Waals surface area contributed by atoms with E-state index in [1.807, 2.05) is 24.3 Å². The van der Waals surface area contributed by atoms with Gasteiger partial charge in [-0.3, -0.25) is 4.79 Å². The molecule has 2 rings (SSSR count). The third kappa shape index (κ3) is 5.24. The Morgan fingerprint density at radius 1 is 1.08 bits per heavy atom. The first-order valence-electron chi connectivity index (χ1n) is 7.89. The topological polar surface area (TPSA) is 84.9 Å². The summed E-state index contributed by atoms with van der Waals surface area (Å²) >= 11 is 0. The quantitative estimate of drug-likeness (QED) is 0.451. The second-order valence-corrected chi connectivity index (χ2v) is 5.80. The van der Waals surface area contributed by atoms with Gasteiger partial charge in [0.2, 0.25) is 0 Å². The highest BCUT2D eigenvalue weighted by atomic mass is 16.5. The number of anilines is 1. The van der Waals surface area contributed by atoms with Gasteiger partial charge in [-0.1, -0.05) is 26.0 Å². The van der Waals surface area contributed by atoms with Crippen LogP contribution < -0.4 is 14.8 Å². The van der Waals surface area contributed by atoms with Gasteiger partial charge in [-0.2, -0.15) is 0 Å². The molecule has 2 N–H and O–H groups in total. The fourth-order valence-corrected chi connectivity index (χ4v) is 2.23. The Bertz CT molecular complexity index is 753. The van der Waals surface area contributed by atoms with Crippen molar-refractivity contribution in [1.29, 1.82) is 0 Å². The highest BCUT2D eigenvalue weighted by molar-refractivity contribution is 5.95. The minimum atomic E-state index is -1.13. The number of hydrogen-bond acceptors (Lipinski definition) is 5. The summed E-state index contributed by atoms with van der Waals surface area (Å²) < 4.78 is 10.5. The largest absolute Gasteiger partial charge is 0.478 e. The van der Waals surface area contributed by atoms with E-state index in [1.54, 1.807) is 0 Å². The Kier molecular flexibility index (Phi) is 6.00. The van der Waals surface area contributed by atoms with Crippen LogP contribution in [0.1, 0.15) is 42.6 Å². The first-order chi connectivity index (χ1) is 11.9. The fraction of sp³-hybridized carbons (Fsp3) is 0.263. The highest BCUT2D eigenvalue weighted by Gasteiger charge is 2.12. The number of benzene rings is 2. The molecule has 0 atom stereocenters. The lowest BCUT2D eigenvalue weighted by Gasteiger charge is -2.13. The van der Waals surface area contributed by atoms with Crippen LogP contribution in [-0.4, -0.2) is 23.8 Å². The fourth-order valence-electron chi connectivity index (χ4n) is 2.23. The molecule has 0 radical (unpaired) electrons. The zero-order valence-corrected chi connectivity index (χ0v) is 14.4. The maximum atomic E-state index is 11.4. The third-order valence-electron chi connectivity index (χ3n) is 3.53. The lowest BCUT2D eigenvalue weighted by molar-refractivity contribution is -0.131. The van der Waals surface area contributed by atoms with E-state index in [2.05, 4.69) is 19.2 Å². The number of carbonyl (C=O) groups is 2. The Hall–Kier alpha value is -3.02. The maximum absolute atomic E-state index is 11.4. The van der Waals surface area contributed by atoms with E-state index >= 15 is 0 Å². The van der Waals surface area contributed by atoms with Crippen molar-refractivity contribution in [2.24, 2.45) is 0 Å². The van der Waals surface area contributed by atoms with Crippen molar-refractivity contribution in [3.63, 3.8) is 0 Å². The van der Waals surface area contributed by atoms with Crippen LogP contribution in [0.3, 0.4) is 0 Å². The van der Waals surface area contributed by atoms with Gasteiger partial charge in [0.05, 0.1) is 11.3 Å². The van der Waals surface area contributed by atoms with E-state index in [-0.39, 0.29) is 18.0 Å². The van der Waals surface area contributed by atoms with Gasteiger partial charge < -0.3 is 19.9 Å². The lowest BCUT2D eigenvalue weighted by Crippen LogP contribution is -2.13. The monoisotopic (exact) mass is 343 g/mol. The molecule has 25 heavy (non-hydrogen) atoms. The number of rotatable bonds is 7. The number of esters is 1. The van der Waals surface area contributed by atoms with Crippen molar-refractivity contribution in [3.8, 4) is 11.5 Å². The van der Waals surface area contributed by atoms with E-state index in [9.17, 15) is 14.7 Å². The normalized spacial score (nSPS) is 10.4. The van der Waals surface area contributed by atoms with E-state index in [4.69, 9.17) is 9.47 Å². The Balaban J connectivity index is 2.02. The summed E-state index contributed by atoms with van der Waals surface area (Å²) in [6.45, 7) is 5.59. The molecule has 0 unspecified atom stereocenters. The molecule has 2 aromatic carbocycles. The molecule has 6 heteroatoms. The number of ether oxygens (including phenoxy) is 2. The van der Waals surface area contributed by atoms with Crippen LogP contribution in [0.4, 0.5) is 5.69 Å². The van der Waals surface area contributed by atoms with Gasteiger partial charge in [0.25, 0.3) is 0 Å². The molecule has 132 valence electrons.